The van der Waals surface area contributed by atoms with Crippen molar-refractivity contribution in [2.24, 2.45) is 0 Å². The first-order chi connectivity index (χ1) is 7.75. The zero-order valence-corrected chi connectivity index (χ0v) is 8.86. The number of halogens is 1. The van der Waals surface area contributed by atoms with Gasteiger partial charge in [-0.15, -0.1) is 0 Å². The fraction of sp³-hybridized carbons (Fsp3) is 0. The summed E-state index contributed by atoms with van der Waals surface area (Å²) in [5.41, 5.74) is 0.715. The van der Waals surface area contributed by atoms with Gasteiger partial charge in [0.05, 0.1) is 10.8 Å². The Hall–Kier alpha value is -1.87. The molecule has 0 amide bonds. The number of fused-ring (bicyclic) bond motifs is 2. The highest BCUT2D eigenvalue weighted by Crippen LogP contribution is 2.20. The number of benzene rings is 1. The van der Waals surface area contributed by atoms with Gasteiger partial charge in [0.1, 0.15) is 5.58 Å². The summed E-state index contributed by atoms with van der Waals surface area (Å²) in [4.78, 5) is 16.1. The summed E-state index contributed by atoms with van der Waals surface area (Å²) in [6.45, 7) is 0. The molecule has 0 radical (unpaired) electrons. The molecule has 1 aromatic carbocycles. The van der Waals surface area contributed by atoms with Crippen LogP contribution >= 0.6 is 11.6 Å². The van der Waals surface area contributed by atoms with Crippen molar-refractivity contribution < 1.29 is 4.42 Å². The van der Waals surface area contributed by atoms with Gasteiger partial charge in [0.2, 0.25) is 11.1 Å². The Morgan fingerprint density at radius 3 is 2.94 bits per heavy atom. The molecule has 0 N–H and O–H groups in total. The zero-order chi connectivity index (χ0) is 11.1. The van der Waals surface area contributed by atoms with Crippen LogP contribution in [0.5, 0.6) is 0 Å². The molecule has 0 aliphatic heterocycles. The van der Waals surface area contributed by atoms with Crippen LogP contribution in [0.15, 0.2) is 45.7 Å². The van der Waals surface area contributed by atoms with E-state index in [1.165, 1.54) is 0 Å². The van der Waals surface area contributed by atoms with Crippen molar-refractivity contribution in [2.75, 3.05) is 0 Å². The minimum Gasteiger partial charge on any atom is -0.437 e. The Kier molecular flexibility index (Phi) is 1.94. The number of hydrogen-bond donors (Lipinski definition) is 0. The molecule has 0 aliphatic rings. The smallest absolute Gasteiger partial charge is 0.230 e. The average molecular weight is 232 g/mol. The third kappa shape index (κ3) is 1.29. The Labute approximate surface area is 95.3 Å². The highest BCUT2D eigenvalue weighted by atomic mass is 35.5. The van der Waals surface area contributed by atoms with Crippen molar-refractivity contribution in [2.45, 2.75) is 0 Å². The van der Waals surface area contributed by atoms with Crippen LogP contribution in [0.25, 0.3) is 22.1 Å². The van der Waals surface area contributed by atoms with E-state index >= 15 is 0 Å². The maximum atomic E-state index is 12.1. The van der Waals surface area contributed by atoms with Crippen LogP contribution in [0.2, 0.25) is 5.02 Å². The predicted molar refractivity (Wildman–Crippen MR) is 62.8 cm³/mol. The van der Waals surface area contributed by atoms with Crippen molar-refractivity contribution >= 4 is 33.7 Å². The second-order valence-electron chi connectivity index (χ2n) is 3.43. The lowest BCUT2D eigenvalue weighted by atomic mass is 10.2. The Morgan fingerprint density at radius 1 is 1.19 bits per heavy atom. The molecule has 3 nitrogen and oxygen atoms in total. The summed E-state index contributed by atoms with van der Waals surface area (Å²) in [5.74, 6) is 0. The topological polar surface area (TPSA) is 43.1 Å². The summed E-state index contributed by atoms with van der Waals surface area (Å²) in [7, 11) is 0. The van der Waals surface area contributed by atoms with Gasteiger partial charge >= 0.3 is 0 Å². The van der Waals surface area contributed by atoms with Crippen molar-refractivity contribution in [3.8, 4) is 0 Å². The molecule has 2 aromatic heterocycles. The first-order valence-electron chi connectivity index (χ1n) is 4.73. The number of hydrogen-bond acceptors (Lipinski definition) is 3. The van der Waals surface area contributed by atoms with Crippen LogP contribution in [0.4, 0.5) is 0 Å². The predicted octanol–water partition coefficient (Wildman–Crippen LogP) is 2.99. The van der Waals surface area contributed by atoms with E-state index in [4.69, 9.17) is 16.0 Å². The fourth-order valence-corrected chi connectivity index (χ4v) is 1.82. The summed E-state index contributed by atoms with van der Waals surface area (Å²) >= 11 is 5.84. The number of rotatable bonds is 0. The molecule has 16 heavy (non-hydrogen) atoms. The number of aromatic nitrogens is 1. The van der Waals surface area contributed by atoms with Crippen molar-refractivity contribution in [1.29, 1.82) is 0 Å². The molecule has 0 spiro atoms. The zero-order valence-electron chi connectivity index (χ0n) is 8.11. The monoisotopic (exact) mass is 231 g/mol. The SMILES string of the molecule is O=c1c2ccc(Cl)cc2oc2ncccc12. The van der Waals surface area contributed by atoms with E-state index < -0.39 is 0 Å². The largest absolute Gasteiger partial charge is 0.437 e. The van der Waals surface area contributed by atoms with Gasteiger partial charge in [-0.3, -0.25) is 4.79 Å². The van der Waals surface area contributed by atoms with Crippen LogP contribution < -0.4 is 5.43 Å². The maximum Gasteiger partial charge on any atom is 0.230 e. The quantitative estimate of drug-likeness (QED) is 0.559. The lowest BCUT2D eigenvalue weighted by Gasteiger charge is -1.99. The van der Waals surface area contributed by atoms with Gasteiger partial charge in [0, 0.05) is 17.3 Å². The summed E-state index contributed by atoms with van der Waals surface area (Å²) < 4.78 is 5.51. The van der Waals surface area contributed by atoms with Crippen LogP contribution in [0.1, 0.15) is 0 Å². The molecule has 3 rings (SSSR count). The molecule has 0 aliphatic carbocycles. The first-order valence-corrected chi connectivity index (χ1v) is 5.10. The standard InChI is InChI=1S/C12H6ClNO2/c13-7-3-4-8-10(6-7)16-12-9(11(8)15)2-1-5-14-12/h1-6H. The molecule has 0 saturated heterocycles. The highest BCUT2D eigenvalue weighted by Gasteiger charge is 2.07. The van der Waals surface area contributed by atoms with E-state index in [0.717, 1.165) is 0 Å². The van der Waals surface area contributed by atoms with E-state index in [9.17, 15) is 4.79 Å². The highest BCUT2D eigenvalue weighted by molar-refractivity contribution is 6.31. The van der Waals surface area contributed by atoms with Gasteiger partial charge in [-0.25, -0.2) is 4.98 Å². The Balaban J connectivity index is 2.61. The molecule has 4 heteroatoms. The molecule has 0 saturated carbocycles. The molecule has 78 valence electrons. The van der Waals surface area contributed by atoms with Gasteiger partial charge in [-0.05, 0) is 24.3 Å². The minimum absolute atomic E-state index is 0.0824. The van der Waals surface area contributed by atoms with Crippen molar-refractivity contribution in [1.82, 2.24) is 4.98 Å². The average Bonchev–Trinajstić information content (AvgIpc) is 2.29. The van der Waals surface area contributed by atoms with Crippen LogP contribution in [-0.2, 0) is 0 Å². The molecule has 2 heterocycles. The van der Waals surface area contributed by atoms with E-state index in [-0.39, 0.29) is 5.43 Å². The Morgan fingerprint density at radius 2 is 2.06 bits per heavy atom. The molecule has 0 unspecified atom stereocenters. The summed E-state index contributed by atoms with van der Waals surface area (Å²) in [6.07, 6.45) is 1.58. The lowest BCUT2D eigenvalue weighted by molar-refractivity contribution is 0.645. The van der Waals surface area contributed by atoms with Crippen molar-refractivity contribution in [3.05, 3.63) is 51.8 Å². The summed E-state index contributed by atoms with van der Waals surface area (Å²) in [6, 6.07) is 8.36. The maximum absolute atomic E-state index is 12.1. The lowest BCUT2D eigenvalue weighted by Crippen LogP contribution is -2.02. The Bertz CT molecular complexity index is 749. The van der Waals surface area contributed by atoms with Crippen LogP contribution in [0.3, 0.4) is 0 Å². The van der Waals surface area contributed by atoms with E-state index in [2.05, 4.69) is 4.98 Å². The second-order valence-corrected chi connectivity index (χ2v) is 3.86. The molecular weight excluding hydrogens is 226 g/mol. The van der Waals surface area contributed by atoms with Crippen LogP contribution in [-0.4, -0.2) is 4.98 Å². The van der Waals surface area contributed by atoms with E-state index in [1.807, 2.05) is 0 Å². The molecule has 0 atom stereocenters. The number of pyridine rings is 1. The minimum atomic E-state index is -0.0824. The van der Waals surface area contributed by atoms with Gasteiger partial charge in [0.25, 0.3) is 0 Å². The van der Waals surface area contributed by atoms with Gasteiger partial charge in [-0.1, -0.05) is 11.6 Å². The van der Waals surface area contributed by atoms with Gasteiger partial charge in [0.15, 0.2) is 0 Å². The van der Waals surface area contributed by atoms with E-state index in [1.54, 1.807) is 36.5 Å². The molecule has 3 aromatic rings. The molecule has 0 fully saturated rings. The summed E-state index contributed by atoms with van der Waals surface area (Å²) in [5, 5.41) is 1.54. The molecule has 0 bridgehead atoms. The molecular formula is C12H6ClNO2. The van der Waals surface area contributed by atoms with Crippen LogP contribution in [0, 0.1) is 0 Å². The first kappa shape index (κ1) is 9.36. The fourth-order valence-electron chi connectivity index (χ4n) is 1.66. The second kappa shape index (κ2) is 3.32. The third-order valence-electron chi connectivity index (χ3n) is 2.41. The number of nitrogens with zero attached hydrogens (tertiary/aromatic N) is 1. The van der Waals surface area contributed by atoms with Gasteiger partial charge in [-0.2, -0.15) is 0 Å². The van der Waals surface area contributed by atoms with Gasteiger partial charge < -0.3 is 4.42 Å². The van der Waals surface area contributed by atoms with E-state index in [0.29, 0.717) is 27.1 Å². The third-order valence-corrected chi connectivity index (χ3v) is 2.65. The normalized spacial score (nSPS) is 11.1. The van der Waals surface area contributed by atoms with Crippen molar-refractivity contribution in [3.63, 3.8) is 0 Å².